The molecule has 0 aromatic heterocycles. The summed E-state index contributed by atoms with van der Waals surface area (Å²) in [4.78, 5) is 0. The highest BCUT2D eigenvalue weighted by molar-refractivity contribution is 9.10. The summed E-state index contributed by atoms with van der Waals surface area (Å²) < 4.78 is 11.5. The predicted molar refractivity (Wildman–Crippen MR) is 69.2 cm³/mol. The van der Waals surface area contributed by atoms with E-state index < -0.39 is 0 Å². The lowest BCUT2D eigenvalue weighted by molar-refractivity contribution is 0.354. The van der Waals surface area contributed by atoms with Crippen molar-refractivity contribution in [2.75, 3.05) is 20.8 Å². The number of hydrogen-bond acceptors (Lipinski definition) is 3. The van der Waals surface area contributed by atoms with E-state index in [2.05, 4.69) is 15.9 Å². The molecule has 16 heavy (non-hydrogen) atoms. The summed E-state index contributed by atoms with van der Waals surface area (Å²) in [5.74, 6) is 1.52. The topological polar surface area (TPSA) is 44.5 Å². The van der Waals surface area contributed by atoms with Gasteiger partial charge in [-0.15, -0.1) is 0 Å². The fourth-order valence-electron chi connectivity index (χ4n) is 1.55. The fraction of sp³-hybridized carbons (Fsp3) is 0.500. The Morgan fingerprint density at radius 3 is 2.31 bits per heavy atom. The number of rotatable bonds is 6. The van der Waals surface area contributed by atoms with Gasteiger partial charge in [0.15, 0.2) is 11.5 Å². The highest BCUT2D eigenvalue weighted by Crippen LogP contribution is 2.33. The van der Waals surface area contributed by atoms with Crippen LogP contribution in [-0.4, -0.2) is 20.8 Å². The zero-order valence-electron chi connectivity index (χ0n) is 9.75. The molecular formula is C12H18BrNO2. The SMILES string of the molecule is COc1cc(Br)c(CCCCN)cc1OC. The molecule has 0 fully saturated rings. The maximum atomic E-state index is 5.48. The molecule has 90 valence electrons. The van der Waals surface area contributed by atoms with Crippen molar-refractivity contribution in [2.24, 2.45) is 5.73 Å². The van der Waals surface area contributed by atoms with Gasteiger partial charge >= 0.3 is 0 Å². The van der Waals surface area contributed by atoms with Crippen LogP contribution < -0.4 is 15.2 Å². The second-order valence-corrected chi connectivity index (χ2v) is 4.40. The summed E-state index contributed by atoms with van der Waals surface area (Å²) in [7, 11) is 3.29. The van der Waals surface area contributed by atoms with Crippen molar-refractivity contribution in [3.8, 4) is 11.5 Å². The minimum atomic E-state index is 0.741. The smallest absolute Gasteiger partial charge is 0.161 e. The van der Waals surface area contributed by atoms with E-state index in [9.17, 15) is 0 Å². The molecule has 3 nitrogen and oxygen atoms in total. The van der Waals surface area contributed by atoms with Gasteiger partial charge in [0.1, 0.15) is 0 Å². The Balaban J connectivity index is 2.84. The normalized spacial score (nSPS) is 10.2. The molecule has 0 radical (unpaired) electrons. The van der Waals surface area contributed by atoms with Crippen LogP contribution in [0.25, 0.3) is 0 Å². The average Bonchev–Trinajstić information content (AvgIpc) is 2.31. The summed E-state index contributed by atoms with van der Waals surface area (Å²) >= 11 is 3.54. The highest BCUT2D eigenvalue weighted by Gasteiger charge is 2.08. The van der Waals surface area contributed by atoms with Crippen molar-refractivity contribution >= 4 is 15.9 Å². The standard InChI is InChI=1S/C12H18BrNO2/c1-15-11-7-9(5-3-4-6-14)10(13)8-12(11)16-2/h7-8H,3-6,14H2,1-2H3. The summed E-state index contributed by atoms with van der Waals surface area (Å²) in [6.07, 6.45) is 3.13. The summed E-state index contributed by atoms with van der Waals surface area (Å²) in [6.45, 7) is 0.741. The first kappa shape index (κ1) is 13.3. The molecule has 1 aromatic carbocycles. The molecule has 0 amide bonds. The van der Waals surface area contributed by atoms with Gasteiger partial charge in [0.05, 0.1) is 14.2 Å². The molecule has 0 aliphatic carbocycles. The van der Waals surface area contributed by atoms with Gasteiger partial charge in [-0.3, -0.25) is 0 Å². The van der Waals surface area contributed by atoms with Crippen LogP contribution in [0.2, 0.25) is 0 Å². The van der Waals surface area contributed by atoms with Crippen LogP contribution in [0.5, 0.6) is 11.5 Å². The third kappa shape index (κ3) is 3.39. The van der Waals surface area contributed by atoms with Gasteiger partial charge in [-0.25, -0.2) is 0 Å². The van der Waals surface area contributed by atoms with Gasteiger partial charge in [0.25, 0.3) is 0 Å². The summed E-state index contributed by atoms with van der Waals surface area (Å²) in [5.41, 5.74) is 6.70. The molecule has 0 saturated heterocycles. The number of benzene rings is 1. The van der Waals surface area contributed by atoms with E-state index >= 15 is 0 Å². The van der Waals surface area contributed by atoms with Gasteiger partial charge in [0, 0.05) is 4.47 Å². The van der Waals surface area contributed by atoms with E-state index in [0.29, 0.717) is 0 Å². The molecule has 4 heteroatoms. The van der Waals surface area contributed by atoms with Crippen LogP contribution in [0.1, 0.15) is 18.4 Å². The van der Waals surface area contributed by atoms with Crippen molar-refractivity contribution in [3.05, 3.63) is 22.2 Å². The largest absolute Gasteiger partial charge is 0.493 e. The Morgan fingerprint density at radius 2 is 1.75 bits per heavy atom. The van der Waals surface area contributed by atoms with Crippen LogP contribution in [0.4, 0.5) is 0 Å². The zero-order valence-corrected chi connectivity index (χ0v) is 11.3. The number of nitrogens with two attached hydrogens (primary N) is 1. The molecule has 0 heterocycles. The Kier molecular flexibility index (Phi) is 5.63. The van der Waals surface area contributed by atoms with Crippen LogP contribution in [0.15, 0.2) is 16.6 Å². The number of aryl methyl sites for hydroxylation is 1. The maximum Gasteiger partial charge on any atom is 0.161 e. The molecule has 0 atom stereocenters. The first-order valence-corrected chi connectivity index (χ1v) is 6.12. The van der Waals surface area contributed by atoms with Gasteiger partial charge < -0.3 is 15.2 Å². The van der Waals surface area contributed by atoms with Crippen molar-refractivity contribution in [3.63, 3.8) is 0 Å². The Labute approximate surface area is 105 Å². The van der Waals surface area contributed by atoms with Crippen LogP contribution in [0.3, 0.4) is 0 Å². The van der Waals surface area contributed by atoms with Gasteiger partial charge in [-0.2, -0.15) is 0 Å². The molecular weight excluding hydrogens is 270 g/mol. The van der Waals surface area contributed by atoms with E-state index in [1.54, 1.807) is 14.2 Å². The number of ether oxygens (including phenoxy) is 2. The lowest BCUT2D eigenvalue weighted by Crippen LogP contribution is -2.00. The molecule has 2 N–H and O–H groups in total. The minimum Gasteiger partial charge on any atom is -0.493 e. The Hall–Kier alpha value is -0.740. The van der Waals surface area contributed by atoms with Crippen molar-refractivity contribution in [1.82, 2.24) is 0 Å². The third-order valence-corrected chi connectivity index (χ3v) is 3.19. The van der Waals surface area contributed by atoms with Crippen molar-refractivity contribution < 1.29 is 9.47 Å². The minimum absolute atomic E-state index is 0.741. The molecule has 0 saturated carbocycles. The van der Waals surface area contributed by atoms with Crippen LogP contribution in [-0.2, 0) is 6.42 Å². The average molecular weight is 288 g/mol. The Morgan fingerprint density at radius 1 is 1.12 bits per heavy atom. The third-order valence-electron chi connectivity index (χ3n) is 2.45. The Bertz CT molecular complexity index is 342. The second kappa shape index (κ2) is 6.76. The molecule has 0 aliphatic heterocycles. The molecule has 0 bridgehead atoms. The van der Waals surface area contributed by atoms with Crippen LogP contribution in [0, 0.1) is 0 Å². The first-order valence-electron chi connectivity index (χ1n) is 5.33. The van der Waals surface area contributed by atoms with E-state index in [4.69, 9.17) is 15.2 Å². The highest BCUT2D eigenvalue weighted by atomic mass is 79.9. The van der Waals surface area contributed by atoms with Gasteiger partial charge in [0.2, 0.25) is 0 Å². The first-order chi connectivity index (χ1) is 7.72. The number of halogens is 1. The number of hydrogen-bond donors (Lipinski definition) is 1. The monoisotopic (exact) mass is 287 g/mol. The molecule has 0 spiro atoms. The summed E-state index contributed by atoms with van der Waals surface area (Å²) in [6, 6.07) is 3.95. The lowest BCUT2D eigenvalue weighted by Gasteiger charge is -2.11. The predicted octanol–water partition coefficient (Wildman–Crippen LogP) is 2.75. The second-order valence-electron chi connectivity index (χ2n) is 3.54. The molecule has 1 rings (SSSR count). The van der Waals surface area contributed by atoms with E-state index in [0.717, 1.165) is 41.8 Å². The molecule has 0 unspecified atom stereocenters. The number of unbranched alkanes of at least 4 members (excludes halogenated alkanes) is 1. The van der Waals surface area contributed by atoms with E-state index in [-0.39, 0.29) is 0 Å². The van der Waals surface area contributed by atoms with E-state index in [1.165, 1.54) is 5.56 Å². The van der Waals surface area contributed by atoms with Crippen LogP contribution >= 0.6 is 15.9 Å². The fourth-order valence-corrected chi connectivity index (χ4v) is 2.07. The van der Waals surface area contributed by atoms with Gasteiger partial charge in [-0.05, 0) is 43.5 Å². The maximum absolute atomic E-state index is 5.48. The molecule has 1 aromatic rings. The lowest BCUT2D eigenvalue weighted by atomic mass is 10.1. The molecule has 0 aliphatic rings. The summed E-state index contributed by atoms with van der Waals surface area (Å²) in [5, 5.41) is 0. The van der Waals surface area contributed by atoms with Crippen molar-refractivity contribution in [1.29, 1.82) is 0 Å². The zero-order chi connectivity index (χ0) is 12.0. The van der Waals surface area contributed by atoms with E-state index in [1.807, 2.05) is 12.1 Å². The van der Waals surface area contributed by atoms with Gasteiger partial charge in [-0.1, -0.05) is 15.9 Å². The quantitative estimate of drug-likeness (QED) is 0.819. The van der Waals surface area contributed by atoms with Crippen molar-refractivity contribution in [2.45, 2.75) is 19.3 Å². The number of methoxy groups -OCH3 is 2.